The van der Waals surface area contributed by atoms with Gasteiger partial charge in [0.05, 0.1) is 17.9 Å². The minimum atomic E-state index is -0.633. The molecule has 0 aromatic heterocycles. The Kier molecular flexibility index (Phi) is 6.04. The first-order valence-electron chi connectivity index (χ1n) is 9.90. The van der Waals surface area contributed by atoms with Crippen molar-refractivity contribution in [3.05, 3.63) is 42.0 Å². The summed E-state index contributed by atoms with van der Waals surface area (Å²) in [6, 6.07) is 11.7. The van der Waals surface area contributed by atoms with Gasteiger partial charge in [-0.1, -0.05) is 37.3 Å². The summed E-state index contributed by atoms with van der Waals surface area (Å²) in [6.45, 7) is 5.73. The van der Waals surface area contributed by atoms with E-state index in [2.05, 4.69) is 0 Å². The van der Waals surface area contributed by atoms with Crippen molar-refractivity contribution in [1.82, 2.24) is 0 Å². The fourth-order valence-corrected chi connectivity index (χ4v) is 3.41. The first kappa shape index (κ1) is 20.3. The number of fused-ring (bicyclic) bond motifs is 1. The van der Waals surface area contributed by atoms with Gasteiger partial charge in [0.1, 0.15) is 11.9 Å². The average molecular weight is 384 g/mol. The van der Waals surface area contributed by atoms with E-state index < -0.39 is 11.5 Å². The number of hydrogen-bond acceptors (Lipinski definition) is 5. The van der Waals surface area contributed by atoms with Crippen molar-refractivity contribution < 1.29 is 24.2 Å². The molecule has 150 valence electrons. The minimum absolute atomic E-state index is 0.0675. The summed E-state index contributed by atoms with van der Waals surface area (Å²) < 4.78 is 11.1. The predicted molar refractivity (Wildman–Crippen MR) is 107 cm³/mol. The Balaban J connectivity index is 1.85. The number of hydrogen-bond donors (Lipinski definition) is 1. The van der Waals surface area contributed by atoms with E-state index in [1.165, 1.54) is 0 Å². The van der Waals surface area contributed by atoms with Gasteiger partial charge in [-0.2, -0.15) is 0 Å². The zero-order valence-electron chi connectivity index (χ0n) is 16.7. The third-order valence-corrected chi connectivity index (χ3v) is 5.56. The Bertz CT molecular complexity index is 865. The summed E-state index contributed by atoms with van der Waals surface area (Å²) in [5.74, 6) is -0.0416. The molecule has 0 bridgehead atoms. The summed E-state index contributed by atoms with van der Waals surface area (Å²) in [7, 11) is 0. The van der Waals surface area contributed by atoms with E-state index in [-0.39, 0.29) is 24.5 Å². The standard InChI is InChI=1S/C23H28O5/c1-4-23(2,3)22(26)28-19-10-6-9-15-7-5-8-16(21(15)19)11-12-18-13-17(24)14-20(25)27-18/h5-10,17-18,24H,4,11-14H2,1-3H3/t17-,18-/m1/s1. The summed E-state index contributed by atoms with van der Waals surface area (Å²) in [4.78, 5) is 24.2. The molecule has 1 fully saturated rings. The maximum atomic E-state index is 12.6. The lowest BCUT2D eigenvalue weighted by Gasteiger charge is -2.26. The molecule has 0 saturated carbocycles. The lowest BCUT2D eigenvalue weighted by molar-refractivity contribution is -0.160. The van der Waals surface area contributed by atoms with Gasteiger partial charge in [0.15, 0.2) is 0 Å². The molecule has 5 heteroatoms. The topological polar surface area (TPSA) is 72.8 Å². The van der Waals surface area contributed by atoms with Crippen LogP contribution in [0.3, 0.4) is 0 Å². The maximum absolute atomic E-state index is 12.6. The monoisotopic (exact) mass is 384 g/mol. The number of aliphatic hydroxyl groups is 1. The van der Waals surface area contributed by atoms with Gasteiger partial charge in [-0.05, 0) is 50.1 Å². The van der Waals surface area contributed by atoms with Gasteiger partial charge in [-0.3, -0.25) is 9.59 Å². The van der Waals surface area contributed by atoms with E-state index in [0.29, 0.717) is 31.4 Å². The number of ether oxygens (including phenoxy) is 2. The molecule has 1 aliphatic heterocycles. The highest BCUT2D eigenvalue weighted by atomic mass is 16.5. The molecule has 0 radical (unpaired) electrons. The zero-order chi connectivity index (χ0) is 20.3. The summed E-state index contributed by atoms with van der Waals surface area (Å²) in [5.41, 5.74) is 0.482. The van der Waals surface area contributed by atoms with Crippen LogP contribution in [0.1, 0.15) is 52.0 Å². The molecule has 2 atom stereocenters. The molecule has 2 aromatic carbocycles. The second-order valence-corrected chi connectivity index (χ2v) is 8.14. The van der Waals surface area contributed by atoms with Crippen molar-refractivity contribution >= 4 is 22.7 Å². The number of carbonyl (C=O) groups is 2. The van der Waals surface area contributed by atoms with Gasteiger partial charge in [-0.25, -0.2) is 0 Å². The van der Waals surface area contributed by atoms with Crippen LogP contribution in [0.5, 0.6) is 5.75 Å². The average Bonchev–Trinajstić information content (AvgIpc) is 2.65. The molecule has 2 aromatic rings. The number of esters is 2. The molecule has 0 spiro atoms. The number of aryl methyl sites for hydroxylation is 1. The van der Waals surface area contributed by atoms with Crippen LogP contribution >= 0.6 is 0 Å². The Morgan fingerprint density at radius 1 is 1.25 bits per heavy atom. The van der Waals surface area contributed by atoms with Gasteiger partial charge in [0, 0.05) is 11.8 Å². The van der Waals surface area contributed by atoms with Gasteiger partial charge < -0.3 is 14.6 Å². The lowest BCUT2D eigenvalue weighted by atomic mass is 9.90. The summed E-state index contributed by atoms with van der Waals surface area (Å²) in [5, 5.41) is 11.7. The minimum Gasteiger partial charge on any atom is -0.462 e. The van der Waals surface area contributed by atoms with Crippen molar-refractivity contribution in [2.45, 2.75) is 65.1 Å². The zero-order valence-corrected chi connectivity index (χ0v) is 16.7. The van der Waals surface area contributed by atoms with Crippen molar-refractivity contribution in [3.8, 4) is 5.75 Å². The molecule has 1 aliphatic rings. The van der Waals surface area contributed by atoms with E-state index >= 15 is 0 Å². The Morgan fingerprint density at radius 3 is 2.64 bits per heavy atom. The van der Waals surface area contributed by atoms with E-state index in [9.17, 15) is 14.7 Å². The van der Waals surface area contributed by atoms with Gasteiger partial charge in [0.2, 0.25) is 0 Å². The van der Waals surface area contributed by atoms with Crippen molar-refractivity contribution in [3.63, 3.8) is 0 Å². The molecule has 3 rings (SSSR count). The van der Waals surface area contributed by atoms with E-state index in [1.54, 1.807) is 0 Å². The second kappa shape index (κ2) is 8.31. The van der Waals surface area contributed by atoms with Crippen LogP contribution in [0.4, 0.5) is 0 Å². The highest BCUT2D eigenvalue weighted by Crippen LogP contribution is 2.33. The molecule has 1 heterocycles. The number of carbonyl (C=O) groups excluding carboxylic acids is 2. The SMILES string of the molecule is CCC(C)(C)C(=O)Oc1cccc2cccc(CC[C@@H]3C[C@@H](O)CC(=O)O3)c12. The molecular weight excluding hydrogens is 356 g/mol. The number of rotatable bonds is 6. The number of aliphatic hydroxyl groups excluding tert-OH is 1. The third-order valence-electron chi connectivity index (χ3n) is 5.56. The first-order valence-corrected chi connectivity index (χ1v) is 9.90. The number of cyclic esters (lactones) is 1. The highest BCUT2D eigenvalue weighted by Gasteiger charge is 2.29. The highest BCUT2D eigenvalue weighted by molar-refractivity contribution is 5.93. The normalized spacial score (nSPS) is 20.1. The molecule has 5 nitrogen and oxygen atoms in total. The fourth-order valence-electron chi connectivity index (χ4n) is 3.41. The molecular formula is C23H28O5. The van der Waals surface area contributed by atoms with E-state index in [1.807, 2.05) is 57.2 Å². The number of benzene rings is 2. The largest absolute Gasteiger partial charge is 0.462 e. The van der Waals surface area contributed by atoms with Crippen LogP contribution in [0, 0.1) is 5.41 Å². The predicted octanol–water partition coefficient (Wildman–Crippen LogP) is 4.18. The molecule has 1 saturated heterocycles. The van der Waals surface area contributed by atoms with Crippen LogP contribution in [0.2, 0.25) is 0 Å². The Morgan fingerprint density at radius 2 is 1.96 bits per heavy atom. The van der Waals surface area contributed by atoms with Gasteiger partial charge in [0.25, 0.3) is 0 Å². The lowest BCUT2D eigenvalue weighted by Crippen LogP contribution is -2.32. The van der Waals surface area contributed by atoms with Crippen LogP contribution in [-0.4, -0.2) is 29.3 Å². The molecule has 1 N–H and O–H groups in total. The maximum Gasteiger partial charge on any atom is 0.316 e. The Labute approximate surface area is 165 Å². The summed E-state index contributed by atoms with van der Waals surface area (Å²) >= 11 is 0. The first-order chi connectivity index (χ1) is 13.3. The molecule has 28 heavy (non-hydrogen) atoms. The van der Waals surface area contributed by atoms with E-state index in [4.69, 9.17) is 9.47 Å². The van der Waals surface area contributed by atoms with Gasteiger partial charge >= 0.3 is 11.9 Å². The Hall–Kier alpha value is -2.40. The second-order valence-electron chi connectivity index (χ2n) is 8.14. The smallest absolute Gasteiger partial charge is 0.316 e. The van der Waals surface area contributed by atoms with Gasteiger partial charge in [-0.15, -0.1) is 0 Å². The molecule has 0 amide bonds. The van der Waals surface area contributed by atoms with Crippen molar-refractivity contribution in [2.75, 3.05) is 0 Å². The van der Waals surface area contributed by atoms with Crippen LogP contribution in [0.15, 0.2) is 36.4 Å². The molecule has 0 aliphatic carbocycles. The van der Waals surface area contributed by atoms with Crippen LogP contribution < -0.4 is 4.74 Å². The van der Waals surface area contributed by atoms with Crippen molar-refractivity contribution in [1.29, 1.82) is 0 Å². The quantitative estimate of drug-likeness (QED) is 0.597. The van der Waals surface area contributed by atoms with E-state index in [0.717, 1.165) is 16.3 Å². The summed E-state index contributed by atoms with van der Waals surface area (Å²) in [6.07, 6.45) is 1.57. The van der Waals surface area contributed by atoms with Crippen LogP contribution in [-0.2, 0) is 20.7 Å². The fraction of sp³-hybridized carbons (Fsp3) is 0.478. The van der Waals surface area contributed by atoms with Crippen LogP contribution in [0.25, 0.3) is 10.8 Å². The molecule has 0 unspecified atom stereocenters. The van der Waals surface area contributed by atoms with Crippen molar-refractivity contribution in [2.24, 2.45) is 5.41 Å². The third kappa shape index (κ3) is 4.53.